The lowest BCUT2D eigenvalue weighted by atomic mass is 9.84. The average molecular weight is 1100 g/mol. The van der Waals surface area contributed by atoms with Crippen molar-refractivity contribution in [1.29, 1.82) is 0 Å². The van der Waals surface area contributed by atoms with Gasteiger partial charge in [0.05, 0.1) is 30.2 Å². The first-order valence-corrected chi connectivity index (χ1v) is 28.7. The van der Waals surface area contributed by atoms with Gasteiger partial charge in [0, 0.05) is 36.8 Å². The van der Waals surface area contributed by atoms with Crippen LogP contribution in [-0.4, -0.2) is 126 Å². The first-order chi connectivity index (χ1) is 38.5. The molecular weight excluding hydrogens is 1020 g/mol. The first-order valence-electron chi connectivity index (χ1n) is 28.7. The summed E-state index contributed by atoms with van der Waals surface area (Å²) in [5, 5.41) is 20.3. The summed E-state index contributed by atoms with van der Waals surface area (Å²) >= 11 is 0. The summed E-state index contributed by atoms with van der Waals surface area (Å²) in [4.78, 5) is 106. The molecule has 16 nitrogen and oxygen atoms in total. The molecular formula is C65H83N9O7. The fourth-order valence-electron chi connectivity index (χ4n) is 11.5. The van der Waals surface area contributed by atoms with E-state index >= 15 is 9.59 Å². The van der Waals surface area contributed by atoms with Crippen LogP contribution in [0.1, 0.15) is 142 Å². The van der Waals surface area contributed by atoms with Crippen LogP contribution in [0.25, 0.3) is 10.8 Å². The standard InChI is InChI=1S/C65H83N9O7/c1-39(66-10)57(75)70-55(64(4,5)6)62(80)73-36-49-23-15-14-22-48(49)34-51(73)38-72(41(3)46-32-27-42-19-12-13-21-47(42)33-46)61(79)45-30-28-44(29-31-45)59(77)68-50-35-54(60(78)69-53-26-18-24-43-20-16-17-25-52(43)53)74(37-50)63(81)56(65(7,8)9)71-58(76)40(2)67-11/h12-17,19-23,25,27-33,39-41,50-51,53-56,66-67H,18,24,26,34-38H2,1-11H3,(H,68,77)(H,69,78)(H,70,75)(H,71,76). The number of carbonyl (C=O) groups is 7. The minimum absolute atomic E-state index is 0.0231. The highest BCUT2D eigenvalue weighted by Crippen LogP contribution is 2.34. The third-order valence-corrected chi connectivity index (χ3v) is 16.8. The topological polar surface area (TPSA) is 201 Å². The molecule has 2 aliphatic heterocycles. The number of carbonyl (C=O) groups excluding carboxylic acids is 7. The van der Waals surface area contributed by atoms with Crippen molar-refractivity contribution in [2.24, 2.45) is 10.8 Å². The number of benzene rings is 5. The van der Waals surface area contributed by atoms with Gasteiger partial charge in [0.1, 0.15) is 18.1 Å². The summed E-state index contributed by atoms with van der Waals surface area (Å²) in [7, 11) is 3.37. The van der Waals surface area contributed by atoms with Crippen LogP contribution in [0, 0.1) is 10.8 Å². The van der Waals surface area contributed by atoms with Crippen molar-refractivity contribution in [3.8, 4) is 0 Å². The van der Waals surface area contributed by atoms with E-state index in [1.54, 1.807) is 57.1 Å². The van der Waals surface area contributed by atoms with E-state index in [-0.39, 0.29) is 67.2 Å². The number of hydrogen-bond acceptors (Lipinski definition) is 9. The molecule has 0 saturated carbocycles. The lowest BCUT2D eigenvalue weighted by Crippen LogP contribution is -2.61. The van der Waals surface area contributed by atoms with Crippen LogP contribution in [0.5, 0.6) is 0 Å². The van der Waals surface area contributed by atoms with Gasteiger partial charge in [0.15, 0.2) is 0 Å². The summed E-state index contributed by atoms with van der Waals surface area (Å²) in [6, 6.07) is 31.0. The Labute approximate surface area is 477 Å². The molecule has 0 aromatic heterocycles. The van der Waals surface area contributed by atoms with Gasteiger partial charge in [0.2, 0.25) is 29.5 Å². The molecule has 5 aromatic rings. The monoisotopic (exact) mass is 1100 g/mol. The number of nitrogens with one attached hydrogen (secondary N) is 6. The molecule has 6 N–H and O–H groups in total. The second-order valence-electron chi connectivity index (χ2n) is 24.6. The Morgan fingerprint density at radius 1 is 0.630 bits per heavy atom. The van der Waals surface area contributed by atoms with Crippen molar-refractivity contribution >= 4 is 52.1 Å². The summed E-state index contributed by atoms with van der Waals surface area (Å²) in [6.45, 7) is 17.3. The van der Waals surface area contributed by atoms with Gasteiger partial charge >= 0.3 is 0 Å². The van der Waals surface area contributed by atoms with Gasteiger partial charge in [-0.05, 0) is 147 Å². The van der Waals surface area contributed by atoms with Crippen molar-refractivity contribution in [2.75, 3.05) is 27.2 Å². The minimum Gasteiger partial charge on any atom is -0.347 e. The molecule has 9 atom stereocenters. The average Bonchev–Trinajstić information content (AvgIpc) is 3.94. The molecule has 3 aliphatic rings. The summed E-state index contributed by atoms with van der Waals surface area (Å²) in [6.07, 6.45) is 3.16. The fraction of sp³-hybridized carbons (Fsp3) is 0.462. The van der Waals surface area contributed by atoms with Crippen LogP contribution in [-0.2, 0) is 43.4 Å². The number of nitrogens with zero attached hydrogens (tertiary/aromatic N) is 3. The fourth-order valence-corrected chi connectivity index (χ4v) is 11.5. The number of rotatable bonds is 17. The number of amides is 7. The highest BCUT2D eigenvalue weighted by Gasteiger charge is 2.47. The quantitative estimate of drug-likeness (QED) is 0.0559. The molecule has 81 heavy (non-hydrogen) atoms. The van der Waals surface area contributed by atoms with Gasteiger partial charge in [-0.2, -0.15) is 0 Å². The van der Waals surface area contributed by atoms with Crippen molar-refractivity contribution in [3.63, 3.8) is 0 Å². The van der Waals surface area contributed by atoms with Gasteiger partial charge in [-0.25, -0.2) is 0 Å². The Bertz CT molecular complexity index is 3130. The van der Waals surface area contributed by atoms with Crippen LogP contribution in [0.15, 0.2) is 115 Å². The molecule has 0 bridgehead atoms. The maximum Gasteiger partial charge on any atom is 0.254 e. The Hall–Kier alpha value is -7.43. The maximum absolute atomic E-state index is 15.3. The molecule has 5 aromatic carbocycles. The minimum atomic E-state index is -0.979. The number of fused-ring (bicyclic) bond motifs is 3. The highest BCUT2D eigenvalue weighted by atomic mass is 16.2. The molecule has 430 valence electrons. The molecule has 8 rings (SSSR count). The van der Waals surface area contributed by atoms with Crippen molar-refractivity contribution < 1.29 is 33.6 Å². The molecule has 1 aliphatic carbocycles. The van der Waals surface area contributed by atoms with Crippen LogP contribution < -0.4 is 31.9 Å². The van der Waals surface area contributed by atoms with E-state index in [9.17, 15) is 24.0 Å². The Morgan fingerprint density at radius 2 is 1.19 bits per heavy atom. The number of likely N-dealkylation sites (N-methyl/N-ethyl adjacent to an activating group) is 2. The first kappa shape index (κ1) is 59.7. The van der Waals surface area contributed by atoms with Crippen LogP contribution >= 0.6 is 0 Å². The molecule has 16 heteroatoms. The van der Waals surface area contributed by atoms with Gasteiger partial charge in [-0.1, -0.05) is 126 Å². The molecule has 2 heterocycles. The summed E-state index contributed by atoms with van der Waals surface area (Å²) in [5.41, 5.74) is 4.41. The van der Waals surface area contributed by atoms with Gasteiger partial charge < -0.3 is 46.6 Å². The van der Waals surface area contributed by atoms with E-state index in [1.165, 1.54) is 10.5 Å². The predicted molar refractivity (Wildman–Crippen MR) is 316 cm³/mol. The Morgan fingerprint density at radius 3 is 1.80 bits per heavy atom. The Balaban J connectivity index is 1.07. The molecule has 0 spiro atoms. The summed E-state index contributed by atoms with van der Waals surface area (Å²) in [5.74, 6) is -2.39. The third-order valence-electron chi connectivity index (χ3n) is 16.8. The lowest BCUT2D eigenvalue weighted by Gasteiger charge is -2.44. The second kappa shape index (κ2) is 25.2. The second-order valence-corrected chi connectivity index (χ2v) is 24.6. The maximum atomic E-state index is 15.3. The van der Waals surface area contributed by atoms with E-state index in [2.05, 4.69) is 50.1 Å². The number of hydrogen-bond donors (Lipinski definition) is 6. The van der Waals surface area contributed by atoms with E-state index < -0.39 is 71.0 Å². The van der Waals surface area contributed by atoms with Crippen LogP contribution in [0.4, 0.5) is 0 Å². The third kappa shape index (κ3) is 13.7. The zero-order valence-corrected chi connectivity index (χ0v) is 49.0. The molecule has 7 amide bonds. The molecule has 1 fully saturated rings. The van der Waals surface area contributed by atoms with E-state index in [4.69, 9.17) is 0 Å². The van der Waals surface area contributed by atoms with Crippen LogP contribution in [0.3, 0.4) is 0 Å². The molecule has 0 radical (unpaired) electrons. The lowest BCUT2D eigenvalue weighted by molar-refractivity contribution is -0.144. The van der Waals surface area contributed by atoms with Crippen molar-refractivity contribution in [2.45, 2.75) is 155 Å². The normalized spacial score (nSPS) is 19.9. The van der Waals surface area contributed by atoms with E-state index in [1.807, 2.05) is 126 Å². The van der Waals surface area contributed by atoms with Crippen molar-refractivity contribution in [3.05, 3.63) is 154 Å². The van der Waals surface area contributed by atoms with Gasteiger partial charge in [0.25, 0.3) is 11.8 Å². The zero-order chi connectivity index (χ0) is 58.5. The van der Waals surface area contributed by atoms with Gasteiger partial charge in [-0.3, -0.25) is 33.6 Å². The number of likely N-dealkylation sites (tertiary alicyclic amines) is 1. The highest BCUT2D eigenvalue weighted by molar-refractivity contribution is 5.99. The molecule has 9 unspecified atom stereocenters. The molecule has 1 saturated heterocycles. The predicted octanol–water partition coefficient (Wildman–Crippen LogP) is 7.17. The number of aryl methyl sites for hydroxylation is 1. The van der Waals surface area contributed by atoms with Crippen molar-refractivity contribution in [1.82, 2.24) is 46.6 Å². The van der Waals surface area contributed by atoms with Crippen LogP contribution in [0.2, 0.25) is 0 Å². The van der Waals surface area contributed by atoms with E-state index in [0.717, 1.165) is 52.3 Å². The van der Waals surface area contributed by atoms with Gasteiger partial charge in [-0.15, -0.1) is 0 Å². The van der Waals surface area contributed by atoms with E-state index in [0.29, 0.717) is 12.0 Å². The SMILES string of the molecule is CNC(C)C(=O)NC(C(=O)N1Cc2ccccc2CC1CN(C(=O)c1ccc(C(=O)NC2CC(C(=O)NC3CCCc4ccccc43)N(C(=O)C(NC(=O)C(C)NC)C(C)(C)C)C2)cc1)C(C)c1ccc2ccccc2c1)C(C)(C)C. The largest absolute Gasteiger partial charge is 0.347 e. The zero-order valence-electron chi connectivity index (χ0n) is 49.0. The Kier molecular flexibility index (Phi) is 18.5. The smallest absolute Gasteiger partial charge is 0.254 e. The summed E-state index contributed by atoms with van der Waals surface area (Å²) < 4.78 is 0.